The lowest BCUT2D eigenvalue weighted by atomic mass is 10.3. The van der Waals surface area contributed by atoms with E-state index in [2.05, 4.69) is 26.3 Å². The number of hydrogen-bond acceptors (Lipinski definition) is 2. The number of nitrogens with zero attached hydrogens (tertiary/aromatic N) is 1. The van der Waals surface area contributed by atoms with Crippen LogP contribution in [0.5, 0.6) is 0 Å². The molecular formula is C11H10BrN3O. The summed E-state index contributed by atoms with van der Waals surface area (Å²) >= 11 is 3.39. The summed E-state index contributed by atoms with van der Waals surface area (Å²) in [6.07, 6.45) is 0. The Balaban J connectivity index is 2.17. The van der Waals surface area contributed by atoms with Crippen LogP contribution < -0.4 is 10.9 Å². The van der Waals surface area contributed by atoms with Crippen LogP contribution in [-0.2, 0) is 13.1 Å². The zero-order valence-electron chi connectivity index (χ0n) is 8.46. The zero-order chi connectivity index (χ0) is 11.1. The summed E-state index contributed by atoms with van der Waals surface area (Å²) in [6.45, 7) is 1.40. The minimum atomic E-state index is 0.00270. The lowest BCUT2D eigenvalue weighted by Gasteiger charge is -2.06. The second-order valence-electron chi connectivity index (χ2n) is 3.78. The number of halogens is 1. The number of nitrogens with one attached hydrogen (secondary N) is 2. The summed E-state index contributed by atoms with van der Waals surface area (Å²) in [5.74, 6) is 0. The molecule has 1 aromatic heterocycles. The molecule has 1 aliphatic heterocycles. The van der Waals surface area contributed by atoms with E-state index in [1.54, 1.807) is 0 Å². The van der Waals surface area contributed by atoms with E-state index in [1.165, 1.54) is 0 Å². The molecular weight excluding hydrogens is 270 g/mol. The Kier molecular flexibility index (Phi) is 2.22. The average molecular weight is 280 g/mol. The van der Waals surface area contributed by atoms with Crippen molar-refractivity contribution in [3.05, 3.63) is 50.3 Å². The summed E-state index contributed by atoms with van der Waals surface area (Å²) in [4.78, 5) is 11.6. The van der Waals surface area contributed by atoms with Gasteiger partial charge in [-0.05, 0) is 24.3 Å². The number of benzene rings is 1. The van der Waals surface area contributed by atoms with Crippen molar-refractivity contribution in [1.29, 1.82) is 0 Å². The average Bonchev–Trinajstić information content (AvgIpc) is 2.84. The van der Waals surface area contributed by atoms with Gasteiger partial charge in [-0.15, -0.1) is 0 Å². The van der Waals surface area contributed by atoms with Gasteiger partial charge >= 0.3 is 0 Å². The van der Waals surface area contributed by atoms with Crippen molar-refractivity contribution in [2.24, 2.45) is 0 Å². The smallest absolute Gasteiger partial charge is 0.269 e. The summed E-state index contributed by atoms with van der Waals surface area (Å²) in [5, 5.41) is 6.04. The van der Waals surface area contributed by atoms with Crippen molar-refractivity contribution in [2.75, 3.05) is 0 Å². The SMILES string of the molecule is O=c1[nH]n(-c2ccc(Br)cc2)c2c1CNC2. The Bertz CT molecular complexity index is 582. The second-order valence-corrected chi connectivity index (χ2v) is 4.70. The van der Waals surface area contributed by atoms with Gasteiger partial charge in [-0.1, -0.05) is 15.9 Å². The van der Waals surface area contributed by atoms with Gasteiger partial charge in [0.2, 0.25) is 0 Å². The van der Waals surface area contributed by atoms with E-state index < -0.39 is 0 Å². The highest BCUT2D eigenvalue weighted by Gasteiger charge is 2.19. The Morgan fingerprint density at radius 1 is 1.19 bits per heavy atom. The Labute approximate surface area is 100 Å². The number of rotatable bonds is 1. The Hall–Kier alpha value is -1.33. The minimum absolute atomic E-state index is 0.00270. The van der Waals surface area contributed by atoms with Crippen LogP contribution in [0.3, 0.4) is 0 Å². The Morgan fingerprint density at radius 3 is 2.69 bits per heavy atom. The predicted molar refractivity (Wildman–Crippen MR) is 64.6 cm³/mol. The fraction of sp³-hybridized carbons (Fsp3) is 0.182. The molecule has 0 bridgehead atoms. The molecule has 16 heavy (non-hydrogen) atoms. The van der Waals surface area contributed by atoms with Crippen molar-refractivity contribution in [3.8, 4) is 5.69 Å². The van der Waals surface area contributed by atoms with Gasteiger partial charge in [0.25, 0.3) is 5.56 Å². The van der Waals surface area contributed by atoms with Gasteiger partial charge in [0.05, 0.1) is 16.9 Å². The molecule has 0 spiro atoms. The van der Waals surface area contributed by atoms with E-state index in [-0.39, 0.29) is 5.56 Å². The maximum Gasteiger partial charge on any atom is 0.269 e. The molecule has 0 atom stereocenters. The number of H-pyrrole nitrogens is 1. The topological polar surface area (TPSA) is 49.8 Å². The molecule has 4 nitrogen and oxygen atoms in total. The van der Waals surface area contributed by atoms with E-state index in [1.807, 2.05) is 28.9 Å². The van der Waals surface area contributed by atoms with Gasteiger partial charge in [0, 0.05) is 17.6 Å². The second kappa shape index (κ2) is 3.61. The standard InChI is InChI=1S/C11H10BrN3O/c12-7-1-3-8(4-2-7)15-10-6-13-5-9(10)11(16)14-15/h1-4,13H,5-6H2,(H,14,16). The largest absolute Gasteiger partial charge is 0.307 e. The van der Waals surface area contributed by atoms with Gasteiger partial charge in [-0.25, -0.2) is 0 Å². The van der Waals surface area contributed by atoms with E-state index in [0.717, 1.165) is 28.0 Å². The van der Waals surface area contributed by atoms with Gasteiger partial charge in [0.1, 0.15) is 0 Å². The third kappa shape index (κ3) is 1.44. The third-order valence-electron chi connectivity index (χ3n) is 2.78. The molecule has 1 aromatic carbocycles. The molecule has 0 fully saturated rings. The maximum atomic E-state index is 11.6. The lowest BCUT2D eigenvalue weighted by molar-refractivity contribution is 0.704. The van der Waals surface area contributed by atoms with Crippen LogP contribution in [0.2, 0.25) is 0 Å². The number of aromatic nitrogens is 2. The Morgan fingerprint density at radius 2 is 1.94 bits per heavy atom. The molecule has 82 valence electrons. The highest BCUT2D eigenvalue weighted by Crippen LogP contribution is 2.18. The highest BCUT2D eigenvalue weighted by atomic mass is 79.9. The molecule has 0 aliphatic carbocycles. The highest BCUT2D eigenvalue weighted by molar-refractivity contribution is 9.10. The van der Waals surface area contributed by atoms with E-state index in [9.17, 15) is 4.79 Å². The first-order chi connectivity index (χ1) is 7.75. The minimum Gasteiger partial charge on any atom is -0.307 e. The van der Waals surface area contributed by atoms with E-state index in [0.29, 0.717) is 6.54 Å². The maximum absolute atomic E-state index is 11.6. The first-order valence-corrected chi connectivity index (χ1v) is 5.84. The normalized spacial score (nSPS) is 14.1. The van der Waals surface area contributed by atoms with Crippen molar-refractivity contribution >= 4 is 15.9 Å². The van der Waals surface area contributed by atoms with E-state index in [4.69, 9.17) is 0 Å². The molecule has 0 radical (unpaired) electrons. The summed E-state index contributed by atoms with van der Waals surface area (Å²) < 4.78 is 2.88. The number of fused-ring (bicyclic) bond motifs is 1. The zero-order valence-corrected chi connectivity index (χ0v) is 10.0. The van der Waals surface area contributed by atoms with Crippen LogP contribution in [0.4, 0.5) is 0 Å². The fourth-order valence-corrected chi connectivity index (χ4v) is 2.25. The van der Waals surface area contributed by atoms with Crippen LogP contribution >= 0.6 is 15.9 Å². The van der Waals surface area contributed by atoms with Crippen molar-refractivity contribution in [3.63, 3.8) is 0 Å². The summed E-state index contributed by atoms with van der Waals surface area (Å²) in [5.41, 5.74) is 2.86. The molecule has 0 unspecified atom stereocenters. The van der Waals surface area contributed by atoms with Crippen LogP contribution in [0.1, 0.15) is 11.3 Å². The van der Waals surface area contributed by atoms with Crippen LogP contribution in [0, 0.1) is 0 Å². The molecule has 1 aliphatic rings. The van der Waals surface area contributed by atoms with Gasteiger partial charge in [0.15, 0.2) is 0 Å². The van der Waals surface area contributed by atoms with Crippen LogP contribution in [0.25, 0.3) is 5.69 Å². The predicted octanol–water partition coefficient (Wildman–Crippen LogP) is 1.53. The summed E-state index contributed by atoms with van der Waals surface area (Å²) in [6, 6.07) is 7.86. The lowest BCUT2D eigenvalue weighted by Crippen LogP contribution is -2.13. The quantitative estimate of drug-likeness (QED) is 0.832. The van der Waals surface area contributed by atoms with Crippen molar-refractivity contribution in [1.82, 2.24) is 15.1 Å². The molecule has 2 heterocycles. The van der Waals surface area contributed by atoms with Crippen LogP contribution in [-0.4, -0.2) is 9.78 Å². The van der Waals surface area contributed by atoms with E-state index >= 15 is 0 Å². The first kappa shape index (κ1) is 9.86. The molecule has 2 N–H and O–H groups in total. The van der Waals surface area contributed by atoms with Gasteiger partial charge in [-0.2, -0.15) is 0 Å². The first-order valence-electron chi connectivity index (χ1n) is 5.05. The number of aromatic amines is 1. The molecule has 5 heteroatoms. The fourth-order valence-electron chi connectivity index (χ4n) is 1.99. The number of hydrogen-bond donors (Lipinski definition) is 2. The van der Waals surface area contributed by atoms with Crippen molar-refractivity contribution < 1.29 is 0 Å². The van der Waals surface area contributed by atoms with Crippen molar-refractivity contribution in [2.45, 2.75) is 13.1 Å². The molecule has 0 saturated heterocycles. The molecule has 3 rings (SSSR count). The monoisotopic (exact) mass is 279 g/mol. The van der Waals surface area contributed by atoms with Gasteiger partial charge < -0.3 is 5.32 Å². The van der Waals surface area contributed by atoms with Gasteiger partial charge in [-0.3, -0.25) is 14.6 Å². The molecule has 0 saturated carbocycles. The molecule has 2 aromatic rings. The molecule has 0 amide bonds. The third-order valence-corrected chi connectivity index (χ3v) is 3.31. The van der Waals surface area contributed by atoms with Crippen LogP contribution in [0.15, 0.2) is 33.5 Å². The summed E-state index contributed by atoms with van der Waals surface area (Å²) in [7, 11) is 0.